The van der Waals surface area contributed by atoms with Crippen molar-refractivity contribution in [2.75, 3.05) is 0 Å². The van der Waals surface area contributed by atoms with E-state index >= 15 is 0 Å². The van der Waals surface area contributed by atoms with Gasteiger partial charge in [0.15, 0.2) is 0 Å². The highest BCUT2D eigenvalue weighted by Gasteiger charge is 2.20. The molecule has 2 N–H and O–H groups in total. The van der Waals surface area contributed by atoms with E-state index < -0.39 is 0 Å². The topological polar surface area (TPSA) is 26.0 Å². The summed E-state index contributed by atoms with van der Waals surface area (Å²) in [6.07, 6.45) is 3.45. The van der Waals surface area contributed by atoms with Gasteiger partial charge in [0.2, 0.25) is 0 Å². The molecule has 1 aliphatic carbocycles. The molecular weight excluding hydrogens is 110 g/mol. The number of nitrogens with two attached hydrogens (primary N) is 1. The van der Waals surface area contributed by atoms with Crippen LogP contribution in [0.15, 0.2) is 0 Å². The maximum absolute atomic E-state index is 5.74. The van der Waals surface area contributed by atoms with Crippen LogP contribution in [0.2, 0.25) is 0 Å². The summed E-state index contributed by atoms with van der Waals surface area (Å²) in [5.74, 6) is 0. The zero-order valence-electron chi connectivity index (χ0n) is 4.23. The van der Waals surface area contributed by atoms with Gasteiger partial charge in [-0.3, -0.25) is 0 Å². The molecule has 0 aliphatic heterocycles. The van der Waals surface area contributed by atoms with Crippen LogP contribution in [0.1, 0.15) is 19.3 Å². The summed E-state index contributed by atoms with van der Waals surface area (Å²) in [6, 6.07) is 0.279. The van der Waals surface area contributed by atoms with Gasteiger partial charge in [-0.15, -0.1) is 11.6 Å². The third-order valence-electron chi connectivity index (χ3n) is 1.48. The molecule has 2 atom stereocenters. The minimum atomic E-state index is 0.264. The second-order valence-corrected chi connectivity index (χ2v) is 2.67. The van der Waals surface area contributed by atoms with E-state index in [-0.39, 0.29) is 11.4 Å². The zero-order valence-corrected chi connectivity index (χ0v) is 4.99. The first-order chi connectivity index (χ1) is 3.30. The lowest BCUT2D eigenvalue weighted by atomic mass is 10.3. The Morgan fingerprint density at radius 1 is 1.43 bits per heavy atom. The lowest BCUT2D eigenvalue weighted by Crippen LogP contribution is -2.24. The molecule has 0 aromatic carbocycles. The molecule has 0 unspecified atom stereocenters. The van der Waals surface area contributed by atoms with E-state index in [1.165, 1.54) is 6.42 Å². The molecule has 0 saturated heterocycles. The lowest BCUT2D eigenvalue weighted by Gasteiger charge is -2.03. The summed E-state index contributed by atoms with van der Waals surface area (Å²) < 4.78 is 0. The first-order valence-corrected chi connectivity index (χ1v) is 3.14. The normalized spacial score (nSPS) is 42.0. The van der Waals surface area contributed by atoms with Crippen LogP contribution < -0.4 is 5.73 Å². The van der Waals surface area contributed by atoms with Gasteiger partial charge in [-0.1, -0.05) is 6.42 Å². The van der Waals surface area contributed by atoms with Crippen LogP contribution in [0.25, 0.3) is 0 Å². The maximum Gasteiger partial charge on any atom is 0.0487 e. The van der Waals surface area contributed by atoms with Gasteiger partial charge in [-0.25, -0.2) is 0 Å². The van der Waals surface area contributed by atoms with Gasteiger partial charge in [0, 0.05) is 11.4 Å². The molecule has 1 nitrogen and oxygen atoms in total. The molecule has 42 valence electrons. The number of hydrogen-bond acceptors (Lipinski definition) is 1. The van der Waals surface area contributed by atoms with Gasteiger partial charge in [0.1, 0.15) is 0 Å². The maximum atomic E-state index is 5.74. The third-order valence-corrected chi connectivity index (χ3v) is 2.02. The first kappa shape index (κ1) is 5.39. The largest absolute Gasteiger partial charge is 0.326 e. The Bertz CT molecular complexity index is 57.1. The second kappa shape index (κ2) is 2.01. The summed E-state index contributed by atoms with van der Waals surface area (Å²) in [6.45, 7) is 0. The van der Waals surface area contributed by atoms with E-state index in [1.807, 2.05) is 0 Å². The van der Waals surface area contributed by atoms with E-state index in [2.05, 4.69) is 0 Å². The monoisotopic (exact) mass is 119 g/mol. The molecule has 0 heterocycles. The molecule has 0 aromatic heterocycles. The average Bonchev–Trinajstić information content (AvgIpc) is 1.91. The van der Waals surface area contributed by atoms with Crippen molar-refractivity contribution in [2.24, 2.45) is 5.73 Å². The highest BCUT2D eigenvalue weighted by molar-refractivity contribution is 6.21. The molecule has 1 rings (SSSR count). The van der Waals surface area contributed by atoms with Gasteiger partial charge in [-0.2, -0.15) is 0 Å². The van der Waals surface area contributed by atoms with Gasteiger partial charge in [-0.05, 0) is 12.8 Å². The standard InChI is InChI=1S/C5H10ClN/c6-4-2-1-3-5(4)7/h4-5H,1-3,7H2/t4-,5-/m0/s1. The van der Waals surface area contributed by atoms with E-state index in [4.69, 9.17) is 17.3 Å². The molecule has 7 heavy (non-hydrogen) atoms. The van der Waals surface area contributed by atoms with Crippen LogP contribution in [0.4, 0.5) is 0 Å². The van der Waals surface area contributed by atoms with Crippen molar-refractivity contribution in [3.63, 3.8) is 0 Å². The van der Waals surface area contributed by atoms with Crippen LogP contribution in [0.3, 0.4) is 0 Å². The highest BCUT2D eigenvalue weighted by atomic mass is 35.5. The molecule has 0 spiro atoms. The molecule has 2 heteroatoms. The molecule has 1 aliphatic rings. The highest BCUT2D eigenvalue weighted by Crippen LogP contribution is 2.21. The van der Waals surface area contributed by atoms with Crippen molar-refractivity contribution >= 4 is 11.6 Å². The fraction of sp³-hybridized carbons (Fsp3) is 1.00. The minimum absolute atomic E-state index is 0.264. The SMILES string of the molecule is N[C@H]1CCC[C@@H]1Cl. The summed E-state index contributed by atoms with van der Waals surface area (Å²) in [7, 11) is 0. The first-order valence-electron chi connectivity index (χ1n) is 2.70. The molecular formula is C5H10ClN. The zero-order chi connectivity index (χ0) is 5.28. The molecule has 0 bridgehead atoms. The van der Waals surface area contributed by atoms with Crippen molar-refractivity contribution < 1.29 is 0 Å². The average molecular weight is 120 g/mol. The lowest BCUT2D eigenvalue weighted by molar-refractivity contribution is 0.710. The Morgan fingerprint density at radius 2 is 2.14 bits per heavy atom. The van der Waals surface area contributed by atoms with Crippen LogP contribution in [-0.2, 0) is 0 Å². The Kier molecular flexibility index (Phi) is 1.55. The van der Waals surface area contributed by atoms with Gasteiger partial charge in [0.05, 0.1) is 0 Å². The van der Waals surface area contributed by atoms with E-state index in [9.17, 15) is 0 Å². The van der Waals surface area contributed by atoms with E-state index in [0.29, 0.717) is 0 Å². The quantitative estimate of drug-likeness (QED) is 0.475. The predicted octanol–water partition coefficient (Wildman–Crippen LogP) is 1.10. The minimum Gasteiger partial charge on any atom is -0.326 e. The Hall–Kier alpha value is 0.250. The third kappa shape index (κ3) is 1.07. The fourth-order valence-corrected chi connectivity index (χ4v) is 1.22. The molecule has 0 radical (unpaired) electrons. The number of rotatable bonds is 0. The molecule has 1 saturated carbocycles. The van der Waals surface area contributed by atoms with Crippen molar-refractivity contribution in [1.82, 2.24) is 0 Å². The van der Waals surface area contributed by atoms with Gasteiger partial charge < -0.3 is 5.73 Å². The fourth-order valence-electron chi connectivity index (χ4n) is 0.943. The Morgan fingerprint density at radius 3 is 2.29 bits per heavy atom. The molecule has 0 amide bonds. The summed E-state index contributed by atoms with van der Waals surface area (Å²) in [4.78, 5) is 0. The smallest absolute Gasteiger partial charge is 0.0487 e. The van der Waals surface area contributed by atoms with Crippen LogP contribution in [-0.4, -0.2) is 11.4 Å². The van der Waals surface area contributed by atoms with Crippen molar-refractivity contribution in [3.8, 4) is 0 Å². The molecule has 1 fully saturated rings. The van der Waals surface area contributed by atoms with Crippen molar-refractivity contribution in [1.29, 1.82) is 0 Å². The molecule has 0 aromatic rings. The Labute approximate surface area is 48.8 Å². The van der Waals surface area contributed by atoms with Crippen LogP contribution in [0.5, 0.6) is 0 Å². The summed E-state index contributed by atoms with van der Waals surface area (Å²) in [5.41, 5.74) is 5.55. The number of hydrogen-bond donors (Lipinski definition) is 1. The summed E-state index contributed by atoms with van der Waals surface area (Å²) >= 11 is 5.74. The van der Waals surface area contributed by atoms with Crippen molar-refractivity contribution in [3.05, 3.63) is 0 Å². The van der Waals surface area contributed by atoms with E-state index in [1.54, 1.807) is 0 Å². The summed E-state index contributed by atoms with van der Waals surface area (Å²) in [5, 5.41) is 0.264. The van der Waals surface area contributed by atoms with E-state index in [0.717, 1.165) is 12.8 Å². The van der Waals surface area contributed by atoms with Crippen molar-refractivity contribution in [2.45, 2.75) is 30.7 Å². The van der Waals surface area contributed by atoms with Gasteiger partial charge in [0.25, 0.3) is 0 Å². The Balaban J connectivity index is 2.33. The number of alkyl halides is 1. The number of halogens is 1. The van der Waals surface area contributed by atoms with Crippen LogP contribution >= 0.6 is 11.6 Å². The predicted molar refractivity (Wildman–Crippen MR) is 31.5 cm³/mol. The second-order valence-electron chi connectivity index (χ2n) is 2.11. The van der Waals surface area contributed by atoms with Crippen LogP contribution in [0, 0.1) is 0 Å². The van der Waals surface area contributed by atoms with Gasteiger partial charge >= 0.3 is 0 Å².